The smallest absolute Gasteiger partial charge is 0.333 e. The molecule has 0 saturated heterocycles. The molecule has 0 fully saturated rings. The molecule has 24 heavy (non-hydrogen) atoms. The summed E-state index contributed by atoms with van der Waals surface area (Å²) in [4.78, 5) is 10.4. The van der Waals surface area contributed by atoms with Crippen LogP contribution in [0.5, 0.6) is 0 Å². The molecule has 0 atom stereocenters. The lowest BCUT2D eigenvalue weighted by atomic mass is 10.00. The molecule has 2 N–H and O–H groups in total. The molecular formula is C21H23NO2. The normalized spacial score (nSPS) is 10.1. The zero-order valence-corrected chi connectivity index (χ0v) is 14.2. The molecule has 3 aromatic rings. The van der Waals surface area contributed by atoms with Gasteiger partial charge in [0, 0.05) is 12.1 Å². The number of nitrogens with two attached hydrogens (primary N) is 1. The molecule has 0 aliphatic carbocycles. The molecule has 3 rings (SSSR count). The van der Waals surface area contributed by atoms with Gasteiger partial charge in [0.25, 0.3) is 0 Å². The third kappa shape index (κ3) is 4.21. The standard InChI is InChI=1S/C15H13N.C6H10O2/c16-10-14-7-3-6-13-8-11-4-1-2-5-12(11)9-15(13)14;1-4-8-6(7)5(2)3/h1-9H,10,16H2;2,4H2,1,3H3. The van der Waals surface area contributed by atoms with Crippen LogP contribution in [0.15, 0.2) is 66.7 Å². The van der Waals surface area contributed by atoms with Crippen LogP contribution >= 0.6 is 0 Å². The molecule has 0 amide bonds. The van der Waals surface area contributed by atoms with Crippen molar-refractivity contribution in [2.75, 3.05) is 6.61 Å². The maximum Gasteiger partial charge on any atom is 0.333 e. The molecular weight excluding hydrogens is 298 g/mol. The van der Waals surface area contributed by atoms with Gasteiger partial charge in [-0.15, -0.1) is 0 Å². The van der Waals surface area contributed by atoms with Gasteiger partial charge < -0.3 is 10.5 Å². The van der Waals surface area contributed by atoms with E-state index in [4.69, 9.17) is 5.73 Å². The first-order valence-corrected chi connectivity index (χ1v) is 8.00. The number of carbonyl (C=O) groups is 1. The first kappa shape index (κ1) is 17.7. The van der Waals surface area contributed by atoms with E-state index in [2.05, 4.69) is 65.9 Å². The highest BCUT2D eigenvalue weighted by Gasteiger charge is 2.01. The van der Waals surface area contributed by atoms with E-state index >= 15 is 0 Å². The van der Waals surface area contributed by atoms with Crippen molar-refractivity contribution < 1.29 is 9.53 Å². The minimum Gasteiger partial charge on any atom is -0.463 e. The fraction of sp³-hybridized carbons (Fsp3) is 0.190. The summed E-state index contributed by atoms with van der Waals surface area (Å²) < 4.78 is 4.56. The highest BCUT2D eigenvalue weighted by Crippen LogP contribution is 2.25. The van der Waals surface area contributed by atoms with Gasteiger partial charge in [0.1, 0.15) is 0 Å². The number of hydrogen-bond donors (Lipinski definition) is 1. The molecule has 0 aliphatic heterocycles. The number of carbonyl (C=O) groups excluding carboxylic acids is 1. The van der Waals surface area contributed by atoms with Crippen molar-refractivity contribution in [1.29, 1.82) is 0 Å². The van der Waals surface area contributed by atoms with Crippen molar-refractivity contribution in [2.45, 2.75) is 20.4 Å². The molecule has 3 heteroatoms. The van der Waals surface area contributed by atoms with E-state index in [-0.39, 0.29) is 5.97 Å². The fourth-order valence-corrected chi connectivity index (χ4v) is 2.46. The van der Waals surface area contributed by atoms with Gasteiger partial charge in [0.15, 0.2) is 0 Å². The van der Waals surface area contributed by atoms with Crippen LogP contribution in [0, 0.1) is 0 Å². The molecule has 3 nitrogen and oxygen atoms in total. The Balaban J connectivity index is 0.000000224. The number of fused-ring (bicyclic) bond motifs is 2. The lowest BCUT2D eigenvalue weighted by Crippen LogP contribution is -2.03. The maximum absolute atomic E-state index is 10.4. The molecule has 0 saturated carbocycles. The van der Waals surface area contributed by atoms with Gasteiger partial charge in [-0.05, 0) is 53.1 Å². The Morgan fingerprint density at radius 2 is 1.67 bits per heavy atom. The largest absolute Gasteiger partial charge is 0.463 e. The minimum absolute atomic E-state index is 0.312. The Labute approximate surface area is 142 Å². The van der Waals surface area contributed by atoms with Gasteiger partial charge in [-0.25, -0.2) is 4.79 Å². The van der Waals surface area contributed by atoms with Crippen molar-refractivity contribution >= 4 is 27.5 Å². The van der Waals surface area contributed by atoms with Crippen LogP contribution in [0.4, 0.5) is 0 Å². The average Bonchev–Trinajstić information content (AvgIpc) is 2.60. The molecule has 0 bridgehead atoms. The summed E-state index contributed by atoms with van der Waals surface area (Å²) in [5.74, 6) is -0.312. The molecule has 0 unspecified atom stereocenters. The second kappa shape index (κ2) is 8.27. The number of rotatable bonds is 3. The lowest BCUT2D eigenvalue weighted by molar-refractivity contribution is -0.138. The third-order valence-corrected chi connectivity index (χ3v) is 3.68. The van der Waals surface area contributed by atoms with Gasteiger partial charge in [0.2, 0.25) is 0 Å². The second-order valence-corrected chi connectivity index (χ2v) is 5.54. The minimum atomic E-state index is -0.312. The number of hydrogen-bond acceptors (Lipinski definition) is 3. The molecule has 0 aliphatic rings. The summed E-state index contributed by atoms with van der Waals surface area (Å²) in [7, 11) is 0. The van der Waals surface area contributed by atoms with E-state index in [1.54, 1.807) is 13.8 Å². The number of benzene rings is 3. The van der Waals surface area contributed by atoms with Gasteiger partial charge in [-0.2, -0.15) is 0 Å². The van der Waals surface area contributed by atoms with Gasteiger partial charge in [-0.1, -0.05) is 49.0 Å². The van der Waals surface area contributed by atoms with Crippen molar-refractivity contribution in [3.8, 4) is 0 Å². The second-order valence-electron chi connectivity index (χ2n) is 5.54. The third-order valence-electron chi connectivity index (χ3n) is 3.68. The van der Waals surface area contributed by atoms with Crippen LogP contribution in [0.2, 0.25) is 0 Å². The molecule has 0 heterocycles. The average molecular weight is 321 g/mol. The van der Waals surface area contributed by atoms with Crippen molar-refractivity contribution in [3.63, 3.8) is 0 Å². The van der Waals surface area contributed by atoms with Crippen LogP contribution in [-0.4, -0.2) is 12.6 Å². The highest BCUT2D eigenvalue weighted by molar-refractivity contribution is 5.99. The van der Waals surface area contributed by atoms with E-state index in [0.29, 0.717) is 18.7 Å². The van der Waals surface area contributed by atoms with E-state index in [0.717, 1.165) is 0 Å². The van der Waals surface area contributed by atoms with Crippen molar-refractivity contribution in [2.24, 2.45) is 5.73 Å². The van der Waals surface area contributed by atoms with Crippen molar-refractivity contribution in [1.82, 2.24) is 0 Å². The maximum atomic E-state index is 10.4. The van der Waals surface area contributed by atoms with Crippen LogP contribution < -0.4 is 5.73 Å². The van der Waals surface area contributed by atoms with Gasteiger partial charge >= 0.3 is 5.97 Å². The van der Waals surface area contributed by atoms with E-state index < -0.39 is 0 Å². The predicted molar refractivity (Wildman–Crippen MR) is 101 cm³/mol. The highest BCUT2D eigenvalue weighted by atomic mass is 16.5. The number of esters is 1. The van der Waals surface area contributed by atoms with Crippen LogP contribution in [0.25, 0.3) is 21.5 Å². The molecule has 0 radical (unpaired) electrons. The van der Waals surface area contributed by atoms with Gasteiger partial charge in [0.05, 0.1) is 6.61 Å². The molecule has 124 valence electrons. The Kier molecular flexibility index (Phi) is 6.10. The summed E-state index contributed by atoms with van der Waals surface area (Å²) in [5, 5.41) is 5.09. The summed E-state index contributed by atoms with van der Waals surface area (Å²) in [6.07, 6.45) is 0. The SMILES string of the molecule is C=C(C)C(=O)OCC.NCc1cccc2cc3ccccc3cc12. The number of ether oxygens (including phenoxy) is 1. The predicted octanol–water partition coefficient (Wildman–Crippen LogP) is 4.58. The Morgan fingerprint density at radius 1 is 1.04 bits per heavy atom. The molecule has 0 aromatic heterocycles. The quantitative estimate of drug-likeness (QED) is 0.436. The zero-order chi connectivity index (χ0) is 17.5. The topological polar surface area (TPSA) is 52.3 Å². The van der Waals surface area contributed by atoms with E-state index in [9.17, 15) is 4.79 Å². The molecule has 3 aromatic carbocycles. The fourth-order valence-electron chi connectivity index (χ4n) is 2.46. The molecule has 0 spiro atoms. The van der Waals surface area contributed by atoms with Crippen LogP contribution in [0.1, 0.15) is 19.4 Å². The van der Waals surface area contributed by atoms with Crippen molar-refractivity contribution in [3.05, 3.63) is 72.3 Å². The van der Waals surface area contributed by atoms with E-state index in [1.165, 1.54) is 27.1 Å². The van der Waals surface area contributed by atoms with Gasteiger partial charge in [-0.3, -0.25) is 0 Å². The zero-order valence-electron chi connectivity index (χ0n) is 14.2. The first-order valence-electron chi connectivity index (χ1n) is 8.00. The summed E-state index contributed by atoms with van der Waals surface area (Å²) in [5.41, 5.74) is 7.42. The monoisotopic (exact) mass is 321 g/mol. The first-order chi connectivity index (χ1) is 11.6. The summed E-state index contributed by atoms with van der Waals surface area (Å²) >= 11 is 0. The lowest BCUT2D eigenvalue weighted by Gasteiger charge is -2.06. The van der Waals surface area contributed by atoms with E-state index in [1.807, 2.05) is 0 Å². The summed E-state index contributed by atoms with van der Waals surface area (Å²) in [6, 6.07) is 19.2. The Morgan fingerprint density at radius 3 is 2.21 bits per heavy atom. The summed E-state index contributed by atoms with van der Waals surface area (Å²) in [6.45, 7) is 7.80. The van der Waals surface area contributed by atoms with Crippen LogP contribution in [-0.2, 0) is 16.1 Å². The Hall–Kier alpha value is -2.65. The Bertz CT molecular complexity index is 868. The van der Waals surface area contributed by atoms with Crippen LogP contribution in [0.3, 0.4) is 0 Å².